The molecule has 1 N–H and O–H groups in total. The zero-order valence-corrected chi connectivity index (χ0v) is 14.6. The first-order valence-corrected chi connectivity index (χ1v) is 7.80. The van der Waals surface area contributed by atoms with Crippen LogP contribution in [0.4, 0.5) is 4.39 Å². The van der Waals surface area contributed by atoms with Crippen molar-refractivity contribution >= 4 is 61.7 Å². The Bertz CT molecular complexity index is 636. The van der Waals surface area contributed by atoms with Crippen LogP contribution in [0.1, 0.15) is 17.2 Å². The smallest absolute Gasteiger partial charge is 0.130 e. The standard InChI is InChI=1S/C13H7BrCl2FIO/c14-8-5-11(17)7(4-9(8)15)13(19)6-1-2-12(18)10(16)3-6/h1-5,13,19H. The number of halogens is 5. The second kappa shape index (κ2) is 6.26. The van der Waals surface area contributed by atoms with Crippen molar-refractivity contribution in [3.05, 3.63) is 65.4 Å². The number of benzene rings is 2. The van der Waals surface area contributed by atoms with E-state index < -0.39 is 11.9 Å². The van der Waals surface area contributed by atoms with Crippen molar-refractivity contribution in [3.8, 4) is 0 Å². The zero-order valence-electron chi connectivity index (χ0n) is 9.30. The highest BCUT2D eigenvalue weighted by molar-refractivity contribution is 14.1. The molecule has 0 saturated carbocycles. The Morgan fingerprint density at radius 2 is 1.84 bits per heavy atom. The summed E-state index contributed by atoms with van der Waals surface area (Å²) in [5.41, 5.74) is 0.633. The molecule has 0 radical (unpaired) electrons. The number of rotatable bonds is 2. The predicted molar refractivity (Wildman–Crippen MR) is 87.3 cm³/mol. The number of hydrogen-bond donors (Lipinski definition) is 1. The van der Waals surface area contributed by atoms with Crippen molar-refractivity contribution in [1.29, 1.82) is 0 Å². The van der Waals surface area contributed by atoms with Crippen LogP contribution in [0.15, 0.2) is 34.8 Å². The Kier molecular flexibility index (Phi) is 5.11. The van der Waals surface area contributed by atoms with Crippen molar-refractivity contribution < 1.29 is 9.50 Å². The number of aliphatic hydroxyl groups is 1. The van der Waals surface area contributed by atoms with Gasteiger partial charge in [-0.05, 0) is 68.3 Å². The van der Waals surface area contributed by atoms with Crippen LogP contribution in [-0.2, 0) is 0 Å². The van der Waals surface area contributed by atoms with Gasteiger partial charge < -0.3 is 5.11 Å². The molecule has 2 aromatic rings. The van der Waals surface area contributed by atoms with Crippen LogP contribution in [0.2, 0.25) is 10.0 Å². The van der Waals surface area contributed by atoms with Gasteiger partial charge in [0, 0.05) is 13.6 Å². The van der Waals surface area contributed by atoms with Gasteiger partial charge in [0.25, 0.3) is 0 Å². The molecule has 100 valence electrons. The Morgan fingerprint density at radius 3 is 2.47 bits per heavy atom. The third-order valence-electron chi connectivity index (χ3n) is 2.59. The maximum absolute atomic E-state index is 13.9. The van der Waals surface area contributed by atoms with Crippen molar-refractivity contribution in [2.24, 2.45) is 0 Å². The second-order valence-corrected chi connectivity index (χ2v) is 6.69. The van der Waals surface area contributed by atoms with E-state index in [4.69, 9.17) is 23.2 Å². The molecule has 0 bridgehead atoms. The minimum Gasteiger partial charge on any atom is -0.384 e. The lowest BCUT2D eigenvalue weighted by Crippen LogP contribution is -2.03. The van der Waals surface area contributed by atoms with E-state index in [-0.39, 0.29) is 5.56 Å². The van der Waals surface area contributed by atoms with Gasteiger partial charge in [-0.25, -0.2) is 4.39 Å². The normalized spacial score (nSPS) is 12.5. The fraction of sp³-hybridized carbons (Fsp3) is 0.0769. The molecule has 0 spiro atoms. The molecule has 2 rings (SSSR count). The summed E-state index contributed by atoms with van der Waals surface area (Å²) in [6.45, 7) is 0. The van der Waals surface area contributed by atoms with E-state index in [0.29, 0.717) is 20.1 Å². The molecule has 0 aromatic heterocycles. The average Bonchev–Trinajstić information content (AvgIpc) is 2.36. The minimum absolute atomic E-state index is 0.116. The van der Waals surface area contributed by atoms with Gasteiger partial charge in [0.1, 0.15) is 11.9 Å². The molecule has 0 aliphatic carbocycles. The third-order valence-corrected chi connectivity index (χ3v) is 5.36. The van der Waals surface area contributed by atoms with Gasteiger partial charge in [0.15, 0.2) is 0 Å². The van der Waals surface area contributed by atoms with Gasteiger partial charge >= 0.3 is 0 Å². The van der Waals surface area contributed by atoms with Crippen molar-refractivity contribution in [2.75, 3.05) is 0 Å². The van der Waals surface area contributed by atoms with E-state index in [1.54, 1.807) is 18.2 Å². The lowest BCUT2D eigenvalue weighted by molar-refractivity contribution is 0.215. The SMILES string of the molecule is OC(c1ccc(I)c(Cl)c1)c1cc(Cl)c(Br)cc1F. The van der Waals surface area contributed by atoms with Crippen LogP contribution >= 0.6 is 61.7 Å². The summed E-state index contributed by atoms with van der Waals surface area (Å²) in [7, 11) is 0. The van der Waals surface area contributed by atoms with E-state index in [9.17, 15) is 9.50 Å². The monoisotopic (exact) mass is 474 g/mol. The maximum Gasteiger partial charge on any atom is 0.130 e. The fourth-order valence-electron chi connectivity index (χ4n) is 1.61. The molecule has 0 aliphatic heterocycles. The molecule has 1 atom stereocenters. The molecule has 0 fully saturated rings. The maximum atomic E-state index is 13.9. The number of hydrogen-bond acceptors (Lipinski definition) is 1. The first kappa shape index (κ1) is 15.5. The summed E-state index contributed by atoms with van der Waals surface area (Å²) >= 11 is 17.1. The van der Waals surface area contributed by atoms with Crippen molar-refractivity contribution in [1.82, 2.24) is 0 Å². The molecular weight excluding hydrogens is 469 g/mol. The first-order chi connectivity index (χ1) is 8.90. The van der Waals surface area contributed by atoms with E-state index in [1.165, 1.54) is 12.1 Å². The molecule has 1 unspecified atom stereocenters. The highest BCUT2D eigenvalue weighted by atomic mass is 127. The summed E-state index contributed by atoms with van der Waals surface area (Å²) in [4.78, 5) is 0. The van der Waals surface area contributed by atoms with Crippen LogP contribution in [0.3, 0.4) is 0 Å². The highest BCUT2D eigenvalue weighted by Crippen LogP contribution is 2.33. The van der Waals surface area contributed by atoms with E-state index in [1.807, 2.05) is 0 Å². The van der Waals surface area contributed by atoms with Gasteiger partial charge in [0.05, 0.1) is 10.0 Å². The van der Waals surface area contributed by atoms with Gasteiger partial charge in [0.2, 0.25) is 0 Å². The first-order valence-electron chi connectivity index (χ1n) is 5.17. The molecule has 1 nitrogen and oxygen atoms in total. The second-order valence-electron chi connectivity index (χ2n) is 3.86. The Morgan fingerprint density at radius 1 is 1.16 bits per heavy atom. The summed E-state index contributed by atoms with van der Waals surface area (Å²) in [6.07, 6.45) is -1.11. The topological polar surface area (TPSA) is 20.2 Å². The molecule has 0 amide bonds. The molecule has 0 heterocycles. The number of aliphatic hydroxyl groups excluding tert-OH is 1. The summed E-state index contributed by atoms with van der Waals surface area (Å²) in [6, 6.07) is 7.71. The van der Waals surface area contributed by atoms with Gasteiger partial charge in [-0.3, -0.25) is 0 Å². The van der Waals surface area contributed by atoms with Gasteiger partial charge in [-0.15, -0.1) is 0 Å². The third kappa shape index (κ3) is 3.42. The fourth-order valence-corrected chi connectivity index (χ4v) is 2.62. The zero-order chi connectivity index (χ0) is 14.2. The predicted octanol–water partition coefficient (Wildman–Crippen LogP) is 5.58. The Hall–Kier alpha value is 0.120. The highest BCUT2D eigenvalue weighted by Gasteiger charge is 2.18. The Labute approximate surface area is 142 Å². The van der Waals surface area contributed by atoms with Gasteiger partial charge in [-0.2, -0.15) is 0 Å². The largest absolute Gasteiger partial charge is 0.384 e. The quantitative estimate of drug-likeness (QED) is 0.444. The van der Waals surface area contributed by atoms with Crippen LogP contribution in [0.5, 0.6) is 0 Å². The molecule has 0 saturated heterocycles. The lowest BCUT2D eigenvalue weighted by atomic mass is 10.0. The molecule has 6 heteroatoms. The van der Waals surface area contributed by atoms with Crippen LogP contribution in [-0.4, -0.2) is 5.11 Å². The molecule has 0 aliphatic rings. The van der Waals surface area contributed by atoms with Crippen LogP contribution < -0.4 is 0 Å². The molecule has 2 aromatic carbocycles. The van der Waals surface area contributed by atoms with Gasteiger partial charge in [-0.1, -0.05) is 29.3 Å². The summed E-state index contributed by atoms with van der Waals surface area (Å²) in [5, 5.41) is 11.1. The Balaban J connectivity index is 2.46. The van der Waals surface area contributed by atoms with Crippen LogP contribution in [0, 0.1) is 9.39 Å². The van der Waals surface area contributed by atoms with Crippen LogP contribution in [0.25, 0.3) is 0 Å². The summed E-state index contributed by atoms with van der Waals surface area (Å²) < 4.78 is 15.2. The minimum atomic E-state index is -1.11. The summed E-state index contributed by atoms with van der Waals surface area (Å²) in [5.74, 6) is -0.529. The molecular formula is C13H7BrCl2FIO. The van der Waals surface area contributed by atoms with E-state index in [2.05, 4.69) is 38.5 Å². The van der Waals surface area contributed by atoms with Crippen molar-refractivity contribution in [3.63, 3.8) is 0 Å². The van der Waals surface area contributed by atoms with Crippen molar-refractivity contribution in [2.45, 2.75) is 6.10 Å². The van der Waals surface area contributed by atoms with E-state index >= 15 is 0 Å². The molecule has 19 heavy (non-hydrogen) atoms. The lowest BCUT2D eigenvalue weighted by Gasteiger charge is -2.14. The van der Waals surface area contributed by atoms with E-state index in [0.717, 1.165) is 3.57 Å². The average molecular weight is 476 g/mol.